The maximum atomic E-state index is 3.66. The highest BCUT2D eigenvalue weighted by atomic mass is 15.2. The largest absolute Gasteiger partial charge is 0.314 e. The molecule has 100 valence electrons. The van der Waals surface area contributed by atoms with Crippen LogP contribution >= 0.6 is 0 Å². The molecule has 0 spiro atoms. The van der Waals surface area contributed by atoms with Crippen molar-refractivity contribution < 1.29 is 0 Å². The Balaban J connectivity index is 1.90. The average molecular weight is 238 g/mol. The van der Waals surface area contributed by atoms with Gasteiger partial charge in [0.15, 0.2) is 0 Å². The van der Waals surface area contributed by atoms with Gasteiger partial charge in [0.2, 0.25) is 0 Å². The van der Waals surface area contributed by atoms with Crippen LogP contribution in [0.1, 0.15) is 65.2 Å². The van der Waals surface area contributed by atoms with Crippen LogP contribution < -0.4 is 5.32 Å². The summed E-state index contributed by atoms with van der Waals surface area (Å²) in [6.07, 6.45) is 11.4. The Bertz CT molecular complexity index is 215. The molecule has 1 N–H and O–H groups in total. The highest BCUT2D eigenvalue weighted by Gasteiger charge is 2.29. The van der Waals surface area contributed by atoms with Crippen molar-refractivity contribution in [1.29, 1.82) is 0 Å². The zero-order chi connectivity index (χ0) is 12.1. The molecule has 1 heterocycles. The molecular weight excluding hydrogens is 208 g/mol. The van der Waals surface area contributed by atoms with Crippen LogP contribution in [0.5, 0.6) is 0 Å². The van der Waals surface area contributed by atoms with E-state index < -0.39 is 0 Å². The smallest absolute Gasteiger partial charge is 0.0113 e. The molecule has 2 heteroatoms. The Labute approximate surface area is 107 Å². The predicted octanol–water partition coefficient (Wildman–Crippen LogP) is 3.17. The summed E-state index contributed by atoms with van der Waals surface area (Å²) in [7, 11) is 0. The van der Waals surface area contributed by atoms with Crippen LogP contribution in [0.2, 0.25) is 0 Å². The molecule has 2 aliphatic rings. The molecule has 1 saturated heterocycles. The van der Waals surface area contributed by atoms with E-state index in [9.17, 15) is 0 Å². The van der Waals surface area contributed by atoms with Crippen molar-refractivity contribution in [3.63, 3.8) is 0 Å². The number of hydrogen-bond acceptors (Lipinski definition) is 2. The minimum atomic E-state index is 0.786. The third kappa shape index (κ3) is 3.69. The van der Waals surface area contributed by atoms with Crippen LogP contribution in [0, 0.1) is 0 Å². The van der Waals surface area contributed by atoms with Crippen LogP contribution in [-0.4, -0.2) is 36.1 Å². The summed E-state index contributed by atoms with van der Waals surface area (Å²) >= 11 is 0. The summed E-state index contributed by atoms with van der Waals surface area (Å²) in [5, 5.41) is 3.66. The molecule has 2 nitrogen and oxygen atoms in total. The number of nitrogens with zero attached hydrogens (tertiary/aromatic N) is 1. The molecule has 0 aromatic carbocycles. The number of rotatable bonds is 3. The van der Waals surface area contributed by atoms with Gasteiger partial charge in [-0.3, -0.25) is 4.90 Å². The van der Waals surface area contributed by atoms with Gasteiger partial charge in [-0.15, -0.1) is 0 Å². The summed E-state index contributed by atoms with van der Waals surface area (Å²) in [6.45, 7) is 7.16. The average Bonchev–Trinajstić information content (AvgIpc) is 2.55. The van der Waals surface area contributed by atoms with E-state index in [1.807, 2.05) is 0 Å². The fourth-order valence-corrected chi connectivity index (χ4v) is 3.78. The second kappa shape index (κ2) is 6.75. The molecule has 3 atom stereocenters. The lowest BCUT2D eigenvalue weighted by Gasteiger charge is -2.40. The molecule has 2 rings (SSSR count). The number of likely N-dealkylation sites (tertiary alicyclic amines) is 1. The Hall–Kier alpha value is -0.0800. The molecule has 0 aromatic heterocycles. The standard InChI is InChI=1S/C15H30N2/c1-3-16-14-9-7-10-15(12-14)17-11-6-4-5-8-13(17)2/h13-16H,3-12H2,1-2H3. The molecule has 2 fully saturated rings. The fourth-order valence-electron chi connectivity index (χ4n) is 3.78. The summed E-state index contributed by atoms with van der Waals surface area (Å²) in [5.74, 6) is 0. The second-order valence-electron chi connectivity index (χ2n) is 6.01. The van der Waals surface area contributed by atoms with E-state index in [-0.39, 0.29) is 0 Å². The molecule has 1 saturated carbocycles. The predicted molar refractivity (Wildman–Crippen MR) is 74.4 cm³/mol. The maximum Gasteiger partial charge on any atom is 0.0113 e. The summed E-state index contributed by atoms with van der Waals surface area (Å²) in [5.41, 5.74) is 0. The molecule has 1 aliphatic carbocycles. The van der Waals surface area contributed by atoms with Gasteiger partial charge in [0, 0.05) is 18.1 Å². The van der Waals surface area contributed by atoms with Crippen LogP contribution in [0.25, 0.3) is 0 Å². The number of hydrogen-bond donors (Lipinski definition) is 1. The topological polar surface area (TPSA) is 15.3 Å². The third-order valence-corrected chi connectivity index (χ3v) is 4.71. The zero-order valence-electron chi connectivity index (χ0n) is 11.8. The fraction of sp³-hybridized carbons (Fsp3) is 1.00. The molecule has 0 amide bonds. The van der Waals surface area contributed by atoms with E-state index in [4.69, 9.17) is 0 Å². The van der Waals surface area contributed by atoms with Crippen molar-refractivity contribution in [3.8, 4) is 0 Å². The van der Waals surface area contributed by atoms with E-state index in [0.717, 1.165) is 24.7 Å². The van der Waals surface area contributed by atoms with Gasteiger partial charge in [0.05, 0.1) is 0 Å². The van der Waals surface area contributed by atoms with Crippen molar-refractivity contribution >= 4 is 0 Å². The minimum absolute atomic E-state index is 0.786. The normalized spacial score (nSPS) is 36.7. The molecule has 0 radical (unpaired) electrons. The highest BCUT2D eigenvalue weighted by Crippen LogP contribution is 2.28. The summed E-state index contributed by atoms with van der Waals surface area (Å²) in [6, 6.07) is 2.47. The highest BCUT2D eigenvalue weighted by molar-refractivity contribution is 4.86. The quantitative estimate of drug-likeness (QED) is 0.812. The third-order valence-electron chi connectivity index (χ3n) is 4.71. The van der Waals surface area contributed by atoms with Crippen molar-refractivity contribution in [2.24, 2.45) is 0 Å². The maximum absolute atomic E-state index is 3.66. The molecule has 0 aromatic rings. The van der Waals surface area contributed by atoms with Gasteiger partial charge in [0.25, 0.3) is 0 Å². The van der Waals surface area contributed by atoms with Crippen LogP contribution in [-0.2, 0) is 0 Å². The van der Waals surface area contributed by atoms with E-state index in [2.05, 4.69) is 24.1 Å². The van der Waals surface area contributed by atoms with E-state index in [1.165, 1.54) is 57.9 Å². The molecule has 17 heavy (non-hydrogen) atoms. The van der Waals surface area contributed by atoms with Gasteiger partial charge in [-0.2, -0.15) is 0 Å². The zero-order valence-corrected chi connectivity index (χ0v) is 11.8. The first kappa shape index (κ1) is 13.4. The van der Waals surface area contributed by atoms with Crippen LogP contribution in [0.15, 0.2) is 0 Å². The first-order valence-electron chi connectivity index (χ1n) is 7.80. The lowest BCUT2D eigenvalue weighted by atomic mass is 9.89. The Kier molecular flexibility index (Phi) is 5.30. The SMILES string of the molecule is CCNC1CCCC(N2CCCCCC2C)C1. The van der Waals surface area contributed by atoms with Crippen molar-refractivity contribution in [3.05, 3.63) is 0 Å². The second-order valence-corrected chi connectivity index (χ2v) is 6.01. The minimum Gasteiger partial charge on any atom is -0.314 e. The number of nitrogens with one attached hydrogen (secondary N) is 1. The van der Waals surface area contributed by atoms with Crippen LogP contribution in [0.4, 0.5) is 0 Å². The molecule has 0 bridgehead atoms. The van der Waals surface area contributed by atoms with Crippen molar-refractivity contribution in [2.75, 3.05) is 13.1 Å². The van der Waals surface area contributed by atoms with Crippen molar-refractivity contribution in [1.82, 2.24) is 10.2 Å². The first-order valence-corrected chi connectivity index (χ1v) is 7.80. The van der Waals surface area contributed by atoms with Gasteiger partial charge in [-0.25, -0.2) is 0 Å². The van der Waals surface area contributed by atoms with Gasteiger partial charge >= 0.3 is 0 Å². The lowest BCUT2D eigenvalue weighted by molar-refractivity contribution is 0.103. The molecule has 3 unspecified atom stereocenters. The van der Waals surface area contributed by atoms with E-state index in [0.29, 0.717) is 0 Å². The lowest BCUT2D eigenvalue weighted by Crippen LogP contribution is -2.47. The molecule has 1 aliphatic heterocycles. The van der Waals surface area contributed by atoms with Gasteiger partial charge in [0.1, 0.15) is 0 Å². The Morgan fingerprint density at radius 3 is 2.76 bits per heavy atom. The van der Waals surface area contributed by atoms with Crippen molar-refractivity contribution in [2.45, 2.75) is 83.3 Å². The Morgan fingerprint density at radius 2 is 1.94 bits per heavy atom. The van der Waals surface area contributed by atoms with Gasteiger partial charge < -0.3 is 5.32 Å². The first-order chi connectivity index (χ1) is 8.31. The Morgan fingerprint density at radius 1 is 1.06 bits per heavy atom. The summed E-state index contributed by atoms with van der Waals surface area (Å²) < 4.78 is 0. The van der Waals surface area contributed by atoms with Gasteiger partial charge in [-0.05, 0) is 52.1 Å². The molecular formula is C15H30N2. The summed E-state index contributed by atoms with van der Waals surface area (Å²) in [4.78, 5) is 2.83. The van der Waals surface area contributed by atoms with Gasteiger partial charge in [-0.1, -0.05) is 26.2 Å². The van der Waals surface area contributed by atoms with E-state index in [1.54, 1.807) is 0 Å². The van der Waals surface area contributed by atoms with E-state index >= 15 is 0 Å². The van der Waals surface area contributed by atoms with Crippen LogP contribution in [0.3, 0.4) is 0 Å². The monoisotopic (exact) mass is 238 g/mol.